The molecule has 2 aromatic rings. The third-order valence-corrected chi connectivity index (χ3v) is 7.81. The van der Waals surface area contributed by atoms with Gasteiger partial charge in [0.05, 0.1) is 19.3 Å². The van der Waals surface area contributed by atoms with Crippen LogP contribution in [0.15, 0.2) is 17.3 Å². The Kier molecular flexibility index (Phi) is 7.21. The Balaban J connectivity index is 1.57. The molecule has 4 atom stereocenters. The first kappa shape index (κ1) is 25.4. The van der Waals surface area contributed by atoms with E-state index in [1.54, 1.807) is 15.6 Å². The fourth-order valence-electron chi connectivity index (χ4n) is 4.87. The number of aliphatic hydroxyl groups is 3. The van der Waals surface area contributed by atoms with Crippen molar-refractivity contribution >= 4 is 34.8 Å². The van der Waals surface area contributed by atoms with Gasteiger partial charge in [0.2, 0.25) is 5.82 Å². The number of fused-ring (bicyclic) bond motifs is 1. The summed E-state index contributed by atoms with van der Waals surface area (Å²) in [5.74, 6) is -0.422. The van der Waals surface area contributed by atoms with Crippen LogP contribution in [0.2, 0.25) is 0 Å². The monoisotopic (exact) mass is 525 g/mol. The summed E-state index contributed by atoms with van der Waals surface area (Å²) in [6, 6.07) is 1.74. The number of ether oxygens (including phenoxy) is 1. The van der Waals surface area contributed by atoms with E-state index in [0.29, 0.717) is 27.9 Å². The molecule has 5 rings (SSSR count). The number of rotatable bonds is 9. The highest BCUT2D eigenvalue weighted by Crippen LogP contribution is 2.48. The minimum Gasteiger partial charge on any atom is -0.394 e. The van der Waals surface area contributed by atoms with Crippen molar-refractivity contribution in [3.05, 3.63) is 29.3 Å². The van der Waals surface area contributed by atoms with Crippen LogP contribution in [0.1, 0.15) is 44.1 Å². The summed E-state index contributed by atoms with van der Waals surface area (Å²) in [4.78, 5) is 9.16. The molecule has 4 unspecified atom stereocenters. The predicted molar refractivity (Wildman–Crippen MR) is 130 cm³/mol. The lowest BCUT2D eigenvalue weighted by Crippen LogP contribution is -3.01. The molecule has 36 heavy (non-hydrogen) atoms. The van der Waals surface area contributed by atoms with Crippen molar-refractivity contribution in [2.45, 2.75) is 68.0 Å². The third kappa shape index (κ3) is 4.59. The van der Waals surface area contributed by atoms with Crippen molar-refractivity contribution in [1.29, 1.82) is 0 Å². The molecule has 7 N–H and O–H groups in total. The predicted octanol–water partition coefficient (Wildman–Crippen LogP) is 0.940. The van der Waals surface area contributed by atoms with Crippen LogP contribution in [0.25, 0.3) is 0 Å². The molecule has 2 fully saturated rings. The molecule has 2 heterocycles. The molecular weight excluding hydrogens is 494 g/mol. The zero-order valence-electron chi connectivity index (χ0n) is 19.8. The molecule has 3 aliphatic rings. The summed E-state index contributed by atoms with van der Waals surface area (Å²) in [6.07, 6.45) is -0.150. The van der Waals surface area contributed by atoms with Gasteiger partial charge in [-0.15, -0.1) is 5.53 Å². The zero-order valence-corrected chi connectivity index (χ0v) is 20.7. The second kappa shape index (κ2) is 10.2. The number of halogens is 2. The highest BCUT2D eigenvalue weighted by Gasteiger charge is 2.51. The van der Waals surface area contributed by atoms with E-state index in [4.69, 9.17) is 20.6 Å². The average Bonchev–Trinajstić information content (AvgIpc) is 3.58. The largest absolute Gasteiger partial charge is 0.394 e. The number of hydrogen-bond donors (Lipinski definition) is 5. The van der Waals surface area contributed by atoms with Crippen LogP contribution in [0.4, 0.5) is 31.8 Å². The van der Waals surface area contributed by atoms with Gasteiger partial charge in [0.1, 0.15) is 23.9 Å². The number of thioether (sulfide) groups is 1. The van der Waals surface area contributed by atoms with Gasteiger partial charge >= 0.3 is 0 Å². The summed E-state index contributed by atoms with van der Waals surface area (Å²) in [7, 11) is 0. The lowest BCUT2D eigenvalue weighted by Gasteiger charge is -2.26. The maximum absolute atomic E-state index is 14.5. The molecule has 1 aromatic carbocycles. The maximum Gasteiger partial charge on any atom is 0.215 e. The van der Waals surface area contributed by atoms with Gasteiger partial charge in [0, 0.05) is 18.2 Å². The fourth-order valence-corrected chi connectivity index (χ4v) is 5.57. The number of nitrogen functional groups attached to an aromatic ring is 1. The van der Waals surface area contributed by atoms with Crippen molar-refractivity contribution in [2.75, 3.05) is 34.7 Å². The Hall–Kier alpha value is -2.29. The first-order valence-corrected chi connectivity index (χ1v) is 13.1. The van der Waals surface area contributed by atoms with Crippen LogP contribution in [0.5, 0.6) is 0 Å². The number of aromatic nitrogens is 2. The summed E-state index contributed by atoms with van der Waals surface area (Å²) in [5, 5.41) is 34.4. The minimum atomic E-state index is -1.19. The number of aliphatic hydroxyl groups excluding tert-OH is 3. The van der Waals surface area contributed by atoms with E-state index in [9.17, 15) is 19.0 Å². The second-order valence-corrected chi connectivity index (χ2v) is 10.4. The van der Waals surface area contributed by atoms with E-state index in [2.05, 4.69) is 4.98 Å². The Morgan fingerprint density at radius 3 is 2.64 bits per heavy atom. The lowest BCUT2D eigenvalue weighted by atomic mass is 10.1. The maximum atomic E-state index is 14.5. The topological polar surface area (TPSA) is 145 Å². The highest BCUT2D eigenvalue weighted by atomic mass is 32.2. The van der Waals surface area contributed by atoms with Gasteiger partial charge in [-0.05, 0) is 36.8 Å². The third-order valence-electron chi connectivity index (χ3n) is 6.76. The van der Waals surface area contributed by atoms with Crippen molar-refractivity contribution in [3.8, 4) is 0 Å². The second-order valence-electron chi connectivity index (χ2n) is 9.32. The molecule has 0 saturated heterocycles. The van der Waals surface area contributed by atoms with E-state index in [0.717, 1.165) is 31.1 Å². The van der Waals surface area contributed by atoms with Gasteiger partial charge in [-0.1, -0.05) is 18.7 Å². The highest BCUT2D eigenvalue weighted by molar-refractivity contribution is 7.99. The SMILES string of the molecule is CCCSc1nc(N)c2c(n1)N(C1CC(OCCO)C(O)C1O)[NH2+]N2c1cc(F)c(F)cc1C1CC1. The first-order chi connectivity index (χ1) is 17.3. The van der Waals surface area contributed by atoms with E-state index < -0.39 is 36.0 Å². The van der Waals surface area contributed by atoms with Gasteiger partial charge in [0.15, 0.2) is 28.3 Å². The van der Waals surface area contributed by atoms with Crippen LogP contribution in [-0.4, -0.2) is 68.6 Å². The molecule has 13 heteroatoms. The molecule has 1 aromatic heterocycles. The van der Waals surface area contributed by atoms with Crippen molar-refractivity contribution in [1.82, 2.24) is 9.97 Å². The normalized spacial score (nSPS) is 25.6. The quantitative estimate of drug-likeness (QED) is 0.182. The Morgan fingerprint density at radius 1 is 1.19 bits per heavy atom. The summed E-state index contributed by atoms with van der Waals surface area (Å²) in [5.41, 5.74) is 9.57. The minimum absolute atomic E-state index is 0.0279. The number of quaternary nitrogens is 1. The van der Waals surface area contributed by atoms with Gasteiger partial charge < -0.3 is 25.8 Å². The van der Waals surface area contributed by atoms with E-state index >= 15 is 0 Å². The first-order valence-electron chi connectivity index (χ1n) is 12.1. The van der Waals surface area contributed by atoms with E-state index in [1.807, 2.05) is 6.92 Å². The number of benzene rings is 1. The molecular formula is C23H31F2N6O4S+. The Morgan fingerprint density at radius 2 is 1.94 bits per heavy atom. The van der Waals surface area contributed by atoms with Crippen LogP contribution in [-0.2, 0) is 4.74 Å². The molecule has 2 saturated carbocycles. The molecule has 0 bridgehead atoms. The van der Waals surface area contributed by atoms with Gasteiger partial charge in [-0.25, -0.2) is 13.8 Å². The number of nitrogens with zero attached hydrogens (tertiary/aromatic N) is 4. The molecule has 0 amide bonds. The van der Waals surface area contributed by atoms with E-state index in [-0.39, 0.29) is 31.4 Å². The van der Waals surface area contributed by atoms with Crippen LogP contribution >= 0.6 is 11.8 Å². The van der Waals surface area contributed by atoms with Crippen LogP contribution in [0.3, 0.4) is 0 Å². The van der Waals surface area contributed by atoms with Gasteiger partial charge in [0.25, 0.3) is 0 Å². The molecule has 0 spiro atoms. The number of anilines is 4. The molecule has 1 aliphatic heterocycles. The van der Waals surface area contributed by atoms with Crippen LogP contribution in [0, 0.1) is 11.6 Å². The fraction of sp³-hybridized carbons (Fsp3) is 0.565. The number of nitrogens with two attached hydrogens (primary N) is 2. The molecule has 2 aliphatic carbocycles. The summed E-state index contributed by atoms with van der Waals surface area (Å²) >= 11 is 1.44. The number of hydrogen-bond acceptors (Lipinski definition) is 10. The van der Waals surface area contributed by atoms with Gasteiger partial charge in [-0.3, -0.25) is 0 Å². The van der Waals surface area contributed by atoms with E-state index in [1.165, 1.54) is 17.8 Å². The van der Waals surface area contributed by atoms with Crippen molar-refractivity contribution < 1.29 is 34.4 Å². The molecule has 0 radical (unpaired) electrons. The smallest absolute Gasteiger partial charge is 0.215 e. The van der Waals surface area contributed by atoms with Crippen LogP contribution < -0.4 is 21.3 Å². The Labute approximate surface area is 211 Å². The molecule has 10 nitrogen and oxygen atoms in total. The lowest BCUT2D eigenvalue weighted by molar-refractivity contribution is -0.667. The summed E-state index contributed by atoms with van der Waals surface area (Å²) in [6.45, 7) is 1.86. The standard InChI is InChI=1S/C23H30F2N6O4S/c1-2-7-36-23-27-21(26)18-22(28-23)31(16-10-17(35-6-5-32)20(34)19(16)33)29-30(18)15-9-14(25)13(24)8-12(15)11-3-4-11/h8-9,11,16-17,19-20,29,32-34H,2-7,10H2,1H3,(H2,26,27,28)/p+1. The zero-order chi connectivity index (χ0) is 25.6. The average molecular weight is 526 g/mol. The Bertz CT molecular complexity index is 1130. The van der Waals surface area contributed by atoms with Gasteiger partial charge in [-0.2, -0.15) is 15.0 Å². The summed E-state index contributed by atoms with van der Waals surface area (Å²) < 4.78 is 34.2. The van der Waals surface area contributed by atoms with Crippen molar-refractivity contribution in [2.24, 2.45) is 0 Å². The molecule has 196 valence electrons. The van der Waals surface area contributed by atoms with Crippen molar-refractivity contribution in [3.63, 3.8) is 0 Å².